The fourth-order valence-corrected chi connectivity index (χ4v) is 2.97. The first-order valence-electron chi connectivity index (χ1n) is 6.10. The number of aromatic carboxylic acids is 1. The Morgan fingerprint density at radius 1 is 1.38 bits per heavy atom. The molecular formula is C15H10ClNO3S. The molecule has 0 amide bonds. The minimum absolute atomic E-state index is 0.111. The van der Waals surface area contributed by atoms with Crippen LogP contribution in [0, 0.1) is 6.92 Å². The summed E-state index contributed by atoms with van der Waals surface area (Å²) < 4.78 is 5.68. The Balaban J connectivity index is 2.19. The highest BCUT2D eigenvalue weighted by Crippen LogP contribution is 2.33. The van der Waals surface area contributed by atoms with Gasteiger partial charge in [-0.1, -0.05) is 17.7 Å². The van der Waals surface area contributed by atoms with Crippen LogP contribution in [0.25, 0.3) is 22.1 Å². The lowest BCUT2D eigenvalue weighted by Crippen LogP contribution is -1.99. The first kappa shape index (κ1) is 13.9. The summed E-state index contributed by atoms with van der Waals surface area (Å²) in [5.74, 6) is -0.610. The van der Waals surface area contributed by atoms with Crippen LogP contribution in [0.15, 0.2) is 40.1 Å². The van der Waals surface area contributed by atoms with Crippen molar-refractivity contribution in [2.45, 2.75) is 6.92 Å². The van der Waals surface area contributed by atoms with E-state index < -0.39 is 5.97 Å². The summed E-state index contributed by atoms with van der Waals surface area (Å²) in [4.78, 5) is 16.3. The number of thiophene rings is 1. The largest absolute Gasteiger partial charge is 0.476 e. The third-order valence-electron chi connectivity index (χ3n) is 2.87. The molecule has 2 heterocycles. The number of nitrogens with zero attached hydrogens (tertiary/aromatic N) is 1. The molecule has 1 aromatic carbocycles. The van der Waals surface area contributed by atoms with Gasteiger partial charge in [-0.3, -0.25) is 0 Å². The number of hydrogen-bond acceptors (Lipinski definition) is 4. The zero-order valence-corrected chi connectivity index (χ0v) is 12.5. The average Bonchev–Trinajstić information content (AvgIpc) is 3.06. The van der Waals surface area contributed by atoms with Crippen molar-refractivity contribution in [2.24, 2.45) is 0 Å². The molecule has 0 aliphatic carbocycles. The number of halogens is 1. The van der Waals surface area contributed by atoms with Gasteiger partial charge in [0.2, 0.25) is 5.89 Å². The molecule has 0 spiro atoms. The third kappa shape index (κ3) is 2.70. The summed E-state index contributed by atoms with van der Waals surface area (Å²) in [6.45, 7) is 1.88. The van der Waals surface area contributed by atoms with E-state index >= 15 is 0 Å². The van der Waals surface area contributed by atoms with Crippen molar-refractivity contribution < 1.29 is 14.3 Å². The number of hydrogen-bond donors (Lipinski definition) is 1. The fourth-order valence-electron chi connectivity index (χ4n) is 2.03. The molecule has 3 aromatic rings. The Kier molecular flexibility index (Phi) is 3.53. The quantitative estimate of drug-likeness (QED) is 0.758. The smallest absolute Gasteiger partial charge is 0.358 e. The van der Waals surface area contributed by atoms with Crippen molar-refractivity contribution in [1.29, 1.82) is 0 Å². The van der Waals surface area contributed by atoms with Crippen LogP contribution in [-0.2, 0) is 0 Å². The molecule has 0 aliphatic rings. The molecule has 0 saturated carbocycles. The molecule has 0 fully saturated rings. The summed E-state index contributed by atoms with van der Waals surface area (Å²) in [7, 11) is 0. The number of carboxylic acid groups (broad SMARTS) is 1. The van der Waals surface area contributed by atoms with Gasteiger partial charge < -0.3 is 9.52 Å². The van der Waals surface area contributed by atoms with E-state index in [1.807, 2.05) is 30.5 Å². The molecule has 4 nitrogen and oxygen atoms in total. The van der Waals surface area contributed by atoms with E-state index in [-0.39, 0.29) is 11.5 Å². The predicted octanol–water partition coefficient (Wildman–Crippen LogP) is 4.73. The van der Waals surface area contributed by atoms with Crippen molar-refractivity contribution in [3.8, 4) is 22.1 Å². The molecule has 6 heteroatoms. The molecule has 0 unspecified atom stereocenters. The highest BCUT2D eigenvalue weighted by Gasteiger charge is 2.22. The summed E-state index contributed by atoms with van der Waals surface area (Å²) in [5.41, 5.74) is 1.41. The first-order valence-corrected chi connectivity index (χ1v) is 7.36. The van der Waals surface area contributed by atoms with Gasteiger partial charge in [0.05, 0.1) is 4.88 Å². The SMILES string of the molecule is Cc1cc(Cl)cc(-c2oc(-c3cccs3)nc2C(=O)O)c1. The summed E-state index contributed by atoms with van der Waals surface area (Å²) in [6, 6.07) is 8.96. The summed E-state index contributed by atoms with van der Waals surface area (Å²) >= 11 is 7.47. The highest BCUT2D eigenvalue weighted by molar-refractivity contribution is 7.13. The lowest BCUT2D eigenvalue weighted by Gasteiger charge is -2.01. The number of oxazole rings is 1. The second kappa shape index (κ2) is 5.35. The van der Waals surface area contributed by atoms with Crippen LogP contribution in [-0.4, -0.2) is 16.1 Å². The van der Waals surface area contributed by atoms with Crippen molar-refractivity contribution >= 4 is 28.9 Å². The van der Waals surface area contributed by atoms with E-state index in [1.165, 1.54) is 11.3 Å². The first-order chi connectivity index (χ1) is 10.0. The second-order valence-corrected chi connectivity index (χ2v) is 5.88. The Labute approximate surface area is 129 Å². The number of carboxylic acids is 1. The molecule has 0 atom stereocenters. The van der Waals surface area contributed by atoms with Gasteiger partial charge in [-0.15, -0.1) is 11.3 Å². The van der Waals surface area contributed by atoms with Crippen LogP contribution in [0.5, 0.6) is 0 Å². The summed E-state index contributed by atoms with van der Waals surface area (Å²) in [6.07, 6.45) is 0. The Morgan fingerprint density at radius 2 is 2.19 bits per heavy atom. The minimum Gasteiger partial charge on any atom is -0.476 e. The van der Waals surface area contributed by atoms with Crippen LogP contribution in [0.4, 0.5) is 0 Å². The Morgan fingerprint density at radius 3 is 2.81 bits per heavy atom. The standard InChI is InChI=1S/C15H10ClNO3S/c1-8-5-9(7-10(16)6-8)13-12(15(18)19)17-14(20-13)11-3-2-4-21-11/h2-7H,1H3,(H,18,19). The molecule has 0 bridgehead atoms. The number of benzene rings is 1. The number of rotatable bonds is 3. The van der Waals surface area contributed by atoms with E-state index in [1.54, 1.807) is 12.1 Å². The van der Waals surface area contributed by atoms with Gasteiger partial charge >= 0.3 is 5.97 Å². The van der Waals surface area contributed by atoms with Gasteiger partial charge in [0.25, 0.3) is 0 Å². The van der Waals surface area contributed by atoms with Gasteiger partial charge in [0.1, 0.15) is 0 Å². The number of aryl methyl sites for hydroxylation is 1. The van der Waals surface area contributed by atoms with Crippen LogP contribution in [0.2, 0.25) is 5.02 Å². The number of carbonyl (C=O) groups is 1. The van der Waals surface area contributed by atoms with Crippen molar-refractivity contribution in [3.05, 3.63) is 52.0 Å². The van der Waals surface area contributed by atoms with Gasteiger partial charge in [0.15, 0.2) is 11.5 Å². The topological polar surface area (TPSA) is 63.3 Å². The van der Waals surface area contributed by atoms with Gasteiger partial charge in [-0.05, 0) is 42.1 Å². The van der Waals surface area contributed by atoms with Crippen LogP contribution in [0.1, 0.15) is 16.1 Å². The minimum atomic E-state index is -1.13. The third-order valence-corrected chi connectivity index (χ3v) is 3.94. The molecule has 21 heavy (non-hydrogen) atoms. The van der Waals surface area contributed by atoms with E-state index in [2.05, 4.69) is 4.98 Å². The van der Waals surface area contributed by atoms with E-state index in [4.69, 9.17) is 16.0 Å². The fraction of sp³-hybridized carbons (Fsp3) is 0.0667. The van der Waals surface area contributed by atoms with Crippen molar-refractivity contribution in [3.63, 3.8) is 0 Å². The zero-order chi connectivity index (χ0) is 15.0. The number of aromatic nitrogens is 1. The van der Waals surface area contributed by atoms with Gasteiger partial charge in [-0.2, -0.15) is 0 Å². The summed E-state index contributed by atoms with van der Waals surface area (Å²) in [5, 5.41) is 11.7. The van der Waals surface area contributed by atoms with E-state index in [0.29, 0.717) is 16.5 Å². The van der Waals surface area contributed by atoms with Gasteiger partial charge in [-0.25, -0.2) is 9.78 Å². The van der Waals surface area contributed by atoms with Crippen molar-refractivity contribution in [2.75, 3.05) is 0 Å². The monoisotopic (exact) mass is 319 g/mol. The van der Waals surface area contributed by atoms with Crippen LogP contribution < -0.4 is 0 Å². The van der Waals surface area contributed by atoms with E-state index in [9.17, 15) is 9.90 Å². The second-order valence-electron chi connectivity index (χ2n) is 4.50. The average molecular weight is 320 g/mol. The molecule has 1 N–H and O–H groups in total. The maximum atomic E-state index is 11.4. The van der Waals surface area contributed by atoms with Crippen LogP contribution >= 0.6 is 22.9 Å². The Hall–Kier alpha value is -2.11. The molecular weight excluding hydrogens is 310 g/mol. The molecule has 3 rings (SSSR count). The maximum absolute atomic E-state index is 11.4. The Bertz CT molecular complexity index is 788. The van der Waals surface area contributed by atoms with Crippen molar-refractivity contribution in [1.82, 2.24) is 4.98 Å². The lowest BCUT2D eigenvalue weighted by molar-refractivity contribution is 0.0691. The predicted molar refractivity (Wildman–Crippen MR) is 82.0 cm³/mol. The molecule has 0 radical (unpaired) electrons. The maximum Gasteiger partial charge on any atom is 0.358 e. The van der Waals surface area contributed by atoms with E-state index in [0.717, 1.165) is 10.4 Å². The molecule has 0 aliphatic heterocycles. The lowest BCUT2D eigenvalue weighted by atomic mass is 10.1. The molecule has 0 saturated heterocycles. The van der Waals surface area contributed by atoms with Crippen LogP contribution in [0.3, 0.4) is 0 Å². The van der Waals surface area contributed by atoms with Gasteiger partial charge in [0, 0.05) is 10.6 Å². The normalized spacial score (nSPS) is 10.8. The zero-order valence-electron chi connectivity index (χ0n) is 11.0. The highest BCUT2D eigenvalue weighted by atomic mass is 35.5. The molecule has 106 valence electrons. The molecule has 2 aromatic heterocycles.